The summed E-state index contributed by atoms with van der Waals surface area (Å²) in [7, 11) is 0. The average molecular weight is 510 g/mol. The predicted molar refractivity (Wildman–Crippen MR) is 111 cm³/mol. The molecule has 0 aliphatic heterocycles. The number of anilines is 1. The highest BCUT2D eigenvalue weighted by Crippen LogP contribution is 2.35. The zero-order valence-corrected chi connectivity index (χ0v) is 17.7. The van der Waals surface area contributed by atoms with Crippen LogP contribution in [0, 0.1) is 17.0 Å². The van der Waals surface area contributed by atoms with Gasteiger partial charge in [0, 0.05) is 21.1 Å². The zero-order chi connectivity index (χ0) is 20.3. The van der Waals surface area contributed by atoms with E-state index < -0.39 is 10.8 Å². The Labute approximate surface area is 177 Å². The Morgan fingerprint density at radius 3 is 2.54 bits per heavy atom. The number of hydrogen-bond acceptors (Lipinski definition) is 5. The van der Waals surface area contributed by atoms with E-state index in [0.29, 0.717) is 26.1 Å². The highest BCUT2D eigenvalue weighted by Gasteiger charge is 2.18. The Hall–Kier alpha value is -2.65. The number of nitrogens with zero attached hydrogens (tertiary/aromatic N) is 1. The number of aryl methyl sites for hydroxylation is 1. The number of furan rings is 1. The van der Waals surface area contributed by atoms with Gasteiger partial charge in [0.15, 0.2) is 5.76 Å². The summed E-state index contributed by atoms with van der Waals surface area (Å²) >= 11 is 6.46. The predicted octanol–water partition coefficient (Wildman–Crippen LogP) is 5.85. The van der Waals surface area contributed by atoms with Crippen molar-refractivity contribution >= 4 is 49.1 Å². The van der Waals surface area contributed by atoms with Crippen LogP contribution < -0.4 is 10.1 Å². The molecule has 3 aromatic rings. The molecule has 144 valence electrons. The number of carbonyl (C=O) groups is 1. The van der Waals surface area contributed by atoms with E-state index in [-0.39, 0.29) is 18.1 Å². The molecule has 0 atom stereocenters. The minimum absolute atomic E-state index is 0.0972. The SMILES string of the molecule is Cc1cccc(OCc2ccc(C(=O)Nc3c(Br)cc([N+](=O)[O-])cc3Br)o2)c1. The molecule has 0 unspecified atom stereocenters. The van der Waals surface area contributed by atoms with Gasteiger partial charge in [-0.15, -0.1) is 0 Å². The minimum atomic E-state index is -0.520. The van der Waals surface area contributed by atoms with Gasteiger partial charge in [-0.1, -0.05) is 12.1 Å². The second-order valence-electron chi connectivity index (χ2n) is 5.87. The van der Waals surface area contributed by atoms with Crippen molar-refractivity contribution in [1.82, 2.24) is 0 Å². The van der Waals surface area contributed by atoms with Gasteiger partial charge in [0.25, 0.3) is 11.6 Å². The number of rotatable bonds is 6. The number of nitrogens with one attached hydrogen (secondary N) is 1. The largest absolute Gasteiger partial charge is 0.486 e. The quantitative estimate of drug-likeness (QED) is 0.332. The van der Waals surface area contributed by atoms with E-state index in [1.54, 1.807) is 6.07 Å². The summed E-state index contributed by atoms with van der Waals surface area (Å²) in [6.07, 6.45) is 0. The fourth-order valence-corrected chi connectivity index (χ4v) is 3.76. The Balaban J connectivity index is 1.68. The van der Waals surface area contributed by atoms with Crippen LogP contribution in [0.2, 0.25) is 0 Å². The number of amides is 1. The summed E-state index contributed by atoms with van der Waals surface area (Å²) in [5, 5.41) is 13.6. The number of carbonyl (C=O) groups excluding carboxylic acids is 1. The molecule has 3 rings (SSSR count). The number of nitro groups is 1. The smallest absolute Gasteiger partial charge is 0.291 e. The van der Waals surface area contributed by atoms with E-state index in [4.69, 9.17) is 9.15 Å². The molecule has 0 aliphatic rings. The van der Waals surface area contributed by atoms with E-state index in [1.165, 1.54) is 18.2 Å². The monoisotopic (exact) mass is 508 g/mol. The maximum Gasteiger partial charge on any atom is 0.291 e. The zero-order valence-electron chi connectivity index (χ0n) is 14.6. The van der Waals surface area contributed by atoms with Crippen LogP contribution in [0.25, 0.3) is 0 Å². The van der Waals surface area contributed by atoms with E-state index in [0.717, 1.165) is 5.56 Å². The Morgan fingerprint density at radius 2 is 1.89 bits per heavy atom. The molecule has 7 nitrogen and oxygen atoms in total. The standard InChI is InChI=1S/C19H14Br2N2O5/c1-11-3-2-4-13(7-11)27-10-14-5-6-17(28-14)19(24)22-18-15(20)8-12(23(25)26)9-16(18)21/h2-9H,10H2,1H3,(H,22,24). The molecular formula is C19H14Br2N2O5. The van der Waals surface area contributed by atoms with Crippen molar-refractivity contribution < 1.29 is 18.9 Å². The van der Waals surface area contributed by atoms with Crippen LogP contribution in [0.5, 0.6) is 5.75 Å². The van der Waals surface area contributed by atoms with Gasteiger partial charge >= 0.3 is 0 Å². The van der Waals surface area contributed by atoms with Gasteiger partial charge in [0.1, 0.15) is 18.1 Å². The third-order valence-electron chi connectivity index (χ3n) is 3.73. The maximum atomic E-state index is 12.4. The molecule has 2 aromatic carbocycles. The summed E-state index contributed by atoms with van der Waals surface area (Å²) in [4.78, 5) is 22.8. The Bertz CT molecular complexity index is 1030. The highest BCUT2D eigenvalue weighted by molar-refractivity contribution is 9.11. The van der Waals surface area contributed by atoms with Gasteiger partial charge in [0.2, 0.25) is 0 Å². The van der Waals surface area contributed by atoms with Crippen LogP contribution in [0.3, 0.4) is 0 Å². The van der Waals surface area contributed by atoms with Gasteiger partial charge < -0.3 is 14.5 Å². The number of hydrogen-bond donors (Lipinski definition) is 1. The van der Waals surface area contributed by atoms with Crippen molar-refractivity contribution in [1.29, 1.82) is 0 Å². The second-order valence-corrected chi connectivity index (χ2v) is 7.58. The van der Waals surface area contributed by atoms with Crippen molar-refractivity contribution in [2.45, 2.75) is 13.5 Å². The molecule has 1 heterocycles. The van der Waals surface area contributed by atoms with Crippen molar-refractivity contribution in [3.63, 3.8) is 0 Å². The summed E-state index contributed by atoms with van der Waals surface area (Å²) in [6, 6.07) is 13.4. The van der Waals surface area contributed by atoms with Crippen LogP contribution in [0.4, 0.5) is 11.4 Å². The summed E-state index contributed by atoms with van der Waals surface area (Å²) in [6.45, 7) is 2.15. The van der Waals surface area contributed by atoms with Gasteiger partial charge in [-0.05, 0) is 68.6 Å². The molecule has 1 N–H and O–H groups in total. The topological polar surface area (TPSA) is 94.6 Å². The maximum absolute atomic E-state index is 12.4. The van der Waals surface area contributed by atoms with Crippen LogP contribution >= 0.6 is 31.9 Å². The molecular weight excluding hydrogens is 496 g/mol. The van der Waals surface area contributed by atoms with Crippen LogP contribution in [-0.4, -0.2) is 10.8 Å². The highest BCUT2D eigenvalue weighted by atomic mass is 79.9. The summed E-state index contributed by atoms with van der Waals surface area (Å²) in [5.41, 5.74) is 1.34. The third-order valence-corrected chi connectivity index (χ3v) is 4.98. The van der Waals surface area contributed by atoms with Crippen molar-refractivity contribution in [3.8, 4) is 5.75 Å². The van der Waals surface area contributed by atoms with Gasteiger partial charge in [-0.2, -0.15) is 0 Å². The molecule has 0 saturated heterocycles. The minimum Gasteiger partial charge on any atom is -0.486 e. The normalized spacial score (nSPS) is 10.5. The fraction of sp³-hybridized carbons (Fsp3) is 0.105. The number of nitro benzene ring substituents is 1. The number of non-ortho nitro benzene ring substituents is 1. The van der Waals surface area contributed by atoms with E-state index in [1.807, 2.05) is 31.2 Å². The lowest BCUT2D eigenvalue weighted by Gasteiger charge is -2.08. The first-order valence-corrected chi connectivity index (χ1v) is 9.65. The Morgan fingerprint density at radius 1 is 1.18 bits per heavy atom. The molecule has 28 heavy (non-hydrogen) atoms. The lowest BCUT2D eigenvalue weighted by atomic mass is 10.2. The molecule has 1 amide bonds. The van der Waals surface area contributed by atoms with Crippen LogP contribution in [0.1, 0.15) is 21.9 Å². The number of benzene rings is 2. The third kappa shape index (κ3) is 4.79. The second kappa shape index (κ2) is 8.57. The fourth-order valence-electron chi connectivity index (χ4n) is 2.40. The van der Waals surface area contributed by atoms with Crippen molar-refractivity contribution in [2.75, 3.05) is 5.32 Å². The molecule has 0 saturated carbocycles. The lowest BCUT2D eigenvalue weighted by Crippen LogP contribution is -2.12. The van der Waals surface area contributed by atoms with Crippen LogP contribution in [-0.2, 0) is 6.61 Å². The molecule has 0 radical (unpaired) electrons. The lowest BCUT2D eigenvalue weighted by molar-refractivity contribution is -0.385. The first kappa shape index (κ1) is 20.1. The van der Waals surface area contributed by atoms with Crippen LogP contribution in [0.15, 0.2) is 61.9 Å². The molecule has 0 spiro atoms. The van der Waals surface area contributed by atoms with Crippen molar-refractivity contribution in [3.05, 3.63) is 84.7 Å². The summed E-state index contributed by atoms with van der Waals surface area (Å²) in [5.74, 6) is 0.812. The average Bonchev–Trinajstić information content (AvgIpc) is 3.12. The first-order chi connectivity index (χ1) is 13.3. The van der Waals surface area contributed by atoms with E-state index in [2.05, 4.69) is 37.2 Å². The molecule has 0 fully saturated rings. The number of ether oxygens (including phenoxy) is 1. The van der Waals surface area contributed by atoms with Gasteiger partial charge in [0.05, 0.1) is 10.6 Å². The van der Waals surface area contributed by atoms with Gasteiger partial charge in [-0.25, -0.2) is 0 Å². The van der Waals surface area contributed by atoms with Gasteiger partial charge in [-0.3, -0.25) is 14.9 Å². The molecule has 1 aromatic heterocycles. The summed E-state index contributed by atoms with van der Waals surface area (Å²) < 4.78 is 11.9. The molecule has 0 aliphatic carbocycles. The Kier molecular flexibility index (Phi) is 6.15. The van der Waals surface area contributed by atoms with Crippen molar-refractivity contribution in [2.24, 2.45) is 0 Å². The first-order valence-electron chi connectivity index (χ1n) is 8.06. The molecule has 0 bridgehead atoms. The molecule has 9 heteroatoms. The number of halogens is 2. The van der Waals surface area contributed by atoms with E-state index in [9.17, 15) is 14.9 Å². The van der Waals surface area contributed by atoms with E-state index >= 15 is 0 Å².